The molecule has 0 heterocycles. The second-order valence-corrected chi connectivity index (χ2v) is 6.72. The predicted molar refractivity (Wildman–Crippen MR) is 93.3 cm³/mol. The van der Waals surface area contributed by atoms with Crippen molar-refractivity contribution in [3.05, 3.63) is 51.5 Å². The fourth-order valence-corrected chi connectivity index (χ4v) is 3.64. The van der Waals surface area contributed by atoms with E-state index in [9.17, 15) is 8.78 Å². The molecule has 6 heteroatoms. The zero-order chi connectivity index (χ0) is 17.3. The van der Waals surface area contributed by atoms with Crippen molar-refractivity contribution in [3.63, 3.8) is 0 Å². The molecule has 1 atom stereocenters. The first-order valence-electron chi connectivity index (χ1n) is 7.74. The maximum Gasteiger partial charge on any atom is 0.272 e. The lowest BCUT2D eigenvalue weighted by Crippen LogP contribution is -2.17. The molecule has 0 spiro atoms. The number of benzene rings is 2. The lowest BCUT2D eigenvalue weighted by atomic mass is 9.86. The molecule has 0 saturated carbocycles. The zero-order valence-electron chi connectivity index (χ0n) is 12.9. The Morgan fingerprint density at radius 1 is 1.21 bits per heavy atom. The molecule has 0 aromatic heterocycles. The predicted octanol–water partition coefficient (Wildman–Crippen LogP) is 5.64. The summed E-state index contributed by atoms with van der Waals surface area (Å²) in [4.78, 5) is 0. The van der Waals surface area contributed by atoms with Crippen LogP contribution in [0.5, 0.6) is 5.75 Å². The third-order valence-corrected chi connectivity index (χ3v) is 4.68. The highest BCUT2D eigenvalue weighted by Gasteiger charge is 2.19. The molecule has 1 aliphatic carbocycles. The Morgan fingerprint density at radius 3 is 2.75 bits per heavy atom. The van der Waals surface area contributed by atoms with Gasteiger partial charge in [0.05, 0.1) is 5.02 Å². The second kappa shape index (κ2) is 7.26. The van der Waals surface area contributed by atoms with Gasteiger partial charge in [0.25, 0.3) is 6.43 Å². The van der Waals surface area contributed by atoms with Gasteiger partial charge in [0.15, 0.2) is 0 Å². The van der Waals surface area contributed by atoms with Gasteiger partial charge in [0.1, 0.15) is 12.4 Å². The molecule has 0 amide bonds. The minimum Gasteiger partial charge on any atom is -0.485 e. The molecule has 2 N–H and O–H groups in total. The maximum absolute atomic E-state index is 12.5. The van der Waals surface area contributed by atoms with Gasteiger partial charge in [-0.05, 0) is 48.1 Å². The van der Waals surface area contributed by atoms with Gasteiger partial charge in [-0.3, -0.25) is 0 Å². The van der Waals surface area contributed by atoms with E-state index in [4.69, 9.17) is 33.7 Å². The van der Waals surface area contributed by atoms with Crippen LogP contribution in [0.4, 0.5) is 8.78 Å². The standard InChI is InChI=1S/C18H17Cl2F2NO/c19-12-7-14(18(15(20)8-12)24-9-17(21)22)11-4-5-13-10(6-11)2-1-3-16(13)23/h4-8,16-17H,1-3,9,23H2. The smallest absolute Gasteiger partial charge is 0.272 e. The summed E-state index contributed by atoms with van der Waals surface area (Å²) < 4.78 is 30.3. The van der Waals surface area contributed by atoms with Gasteiger partial charge >= 0.3 is 0 Å². The quantitative estimate of drug-likeness (QED) is 0.754. The van der Waals surface area contributed by atoms with E-state index >= 15 is 0 Å². The molecule has 0 radical (unpaired) electrons. The van der Waals surface area contributed by atoms with Gasteiger partial charge in [-0.2, -0.15) is 0 Å². The van der Waals surface area contributed by atoms with Crippen LogP contribution in [0, 0.1) is 0 Å². The molecule has 2 aromatic rings. The molecule has 2 nitrogen and oxygen atoms in total. The van der Waals surface area contributed by atoms with E-state index in [1.54, 1.807) is 6.07 Å². The number of ether oxygens (including phenoxy) is 1. The van der Waals surface area contributed by atoms with E-state index in [2.05, 4.69) is 0 Å². The van der Waals surface area contributed by atoms with Crippen molar-refractivity contribution < 1.29 is 13.5 Å². The van der Waals surface area contributed by atoms with E-state index in [-0.39, 0.29) is 16.8 Å². The highest BCUT2D eigenvalue weighted by Crippen LogP contribution is 2.41. The topological polar surface area (TPSA) is 35.2 Å². The number of rotatable bonds is 4. The number of halogens is 4. The monoisotopic (exact) mass is 371 g/mol. The van der Waals surface area contributed by atoms with Crippen molar-refractivity contribution in [1.29, 1.82) is 0 Å². The van der Waals surface area contributed by atoms with Crippen LogP contribution in [0.25, 0.3) is 11.1 Å². The summed E-state index contributed by atoms with van der Waals surface area (Å²) in [7, 11) is 0. The van der Waals surface area contributed by atoms with Crippen LogP contribution < -0.4 is 10.5 Å². The summed E-state index contributed by atoms with van der Waals surface area (Å²) >= 11 is 12.3. The van der Waals surface area contributed by atoms with E-state index in [1.807, 2.05) is 18.2 Å². The Labute approximate surface area is 149 Å². The summed E-state index contributed by atoms with van der Waals surface area (Å²) in [6.07, 6.45) is 0.366. The molecule has 128 valence electrons. The Balaban J connectivity index is 2.05. The summed E-state index contributed by atoms with van der Waals surface area (Å²) in [5.74, 6) is 0.224. The van der Waals surface area contributed by atoms with Crippen LogP contribution in [0.15, 0.2) is 30.3 Å². The Kier molecular flexibility index (Phi) is 5.28. The molecule has 0 aliphatic heterocycles. The van der Waals surface area contributed by atoms with Crippen molar-refractivity contribution in [2.24, 2.45) is 5.73 Å². The number of hydrogen-bond donors (Lipinski definition) is 1. The van der Waals surface area contributed by atoms with Gasteiger partial charge in [0, 0.05) is 16.6 Å². The molecule has 2 aromatic carbocycles. The van der Waals surface area contributed by atoms with Crippen LogP contribution in [0.2, 0.25) is 10.0 Å². The summed E-state index contributed by atoms with van der Waals surface area (Å²) in [6, 6.07) is 9.12. The fourth-order valence-electron chi connectivity index (χ4n) is 3.09. The molecular weight excluding hydrogens is 355 g/mol. The van der Waals surface area contributed by atoms with Crippen molar-refractivity contribution >= 4 is 23.2 Å². The van der Waals surface area contributed by atoms with Gasteiger partial charge in [-0.15, -0.1) is 0 Å². The average molecular weight is 372 g/mol. The third-order valence-electron chi connectivity index (χ3n) is 4.18. The minimum absolute atomic E-state index is 0.0419. The SMILES string of the molecule is NC1CCCc2cc(-c3cc(Cl)cc(Cl)c3OCC(F)F)ccc21. The number of hydrogen-bond acceptors (Lipinski definition) is 2. The highest BCUT2D eigenvalue weighted by atomic mass is 35.5. The molecule has 0 bridgehead atoms. The summed E-state index contributed by atoms with van der Waals surface area (Å²) in [5, 5.41) is 0.640. The molecule has 1 unspecified atom stereocenters. The van der Waals surface area contributed by atoms with Crippen molar-refractivity contribution in [2.45, 2.75) is 31.7 Å². The largest absolute Gasteiger partial charge is 0.485 e. The first-order chi connectivity index (χ1) is 11.5. The third kappa shape index (κ3) is 3.66. The molecule has 3 rings (SSSR count). The van der Waals surface area contributed by atoms with Crippen LogP contribution in [0.1, 0.15) is 30.0 Å². The van der Waals surface area contributed by atoms with Gasteiger partial charge < -0.3 is 10.5 Å². The van der Waals surface area contributed by atoms with E-state index in [1.165, 1.54) is 11.6 Å². The number of alkyl halides is 2. The number of aryl methyl sites for hydroxylation is 1. The number of nitrogens with two attached hydrogens (primary N) is 1. The molecule has 0 fully saturated rings. The van der Waals surface area contributed by atoms with Crippen molar-refractivity contribution in [1.82, 2.24) is 0 Å². The van der Waals surface area contributed by atoms with Crippen molar-refractivity contribution in [2.75, 3.05) is 6.61 Å². The lowest BCUT2D eigenvalue weighted by molar-refractivity contribution is 0.0822. The Morgan fingerprint density at radius 2 is 2.00 bits per heavy atom. The lowest BCUT2D eigenvalue weighted by Gasteiger charge is -2.23. The van der Waals surface area contributed by atoms with Crippen molar-refractivity contribution in [3.8, 4) is 16.9 Å². The van der Waals surface area contributed by atoms with Gasteiger partial charge in [0.2, 0.25) is 0 Å². The number of fused-ring (bicyclic) bond motifs is 1. The van der Waals surface area contributed by atoms with E-state index in [0.717, 1.165) is 30.4 Å². The zero-order valence-corrected chi connectivity index (χ0v) is 14.4. The Bertz CT molecular complexity index is 752. The minimum atomic E-state index is -2.58. The van der Waals surface area contributed by atoms with Crippen LogP contribution >= 0.6 is 23.2 Å². The van der Waals surface area contributed by atoms with E-state index < -0.39 is 13.0 Å². The van der Waals surface area contributed by atoms with Crippen LogP contribution in [0.3, 0.4) is 0 Å². The van der Waals surface area contributed by atoms with Gasteiger partial charge in [-0.1, -0.05) is 41.4 Å². The first-order valence-corrected chi connectivity index (χ1v) is 8.50. The Hall–Kier alpha value is -1.36. The second-order valence-electron chi connectivity index (χ2n) is 5.88. The van der Waals surface area contributed by atoms with Crippen LogP contribution in [-0.4, -0.2) is 13.0 Å². The first kappa shape index (κ1) is 17.5. The summed E-state index contributed by atoms with van der Waals surface area (Å²) in [6.45, 7) is -0.718. The maximum atomic E-state index is 12.5. The molecule has 24 heavy (non-hydrogen) atoms. The molecular formula is C18H17Cl2F2NO. The summed E-state index contributed by atoms with van der Waals surface area (Å²) in [5.41, 5.74) is 9.88. The molecule has 0 saturated heterocycles. The average Bonchev–Trinajstić information content (AvgIpc) is 2.53. The van der Waals surface area contributed by atoms with Crippen LogP contribution in [-0.2, 0) is 6.42 Å². The molecule has 1 aliphatic rings. The highest BCUT2D eigenvalue weighted by molar-refractivity contribution is 6.36. The fraction of sp³-hybridized carbons (Fsp3) is 0.333. The van der Waals surface area contributed by atoms with Gasteiger partial charge in [-0.25, -0.2) is 8.78 Å². The normalized spacial score (nSPS) is 17.0. The van der Waals surface area contributed by atoms with E-state index in [0.29, 0.717) is 10.6 Å².